The minimum absolute atomic E-state index is 0.0720. The third kappa shape index (κ3) is 7.15. The van der Waals surface area contributed by atoms with E-state index in [1.165, 1.54) is 6.21 Å². The van der Waals surface area contributed by atoms with Crippen LogP contribution in [-0.4, -0.2) is 24.1 Å². The highest BCUT2D eigenvalue weighted by atomic mass is 79.9. The van der Waals surface area contributed by atoms with Gasteiger partial charge in [-0.25, -0.2) is 5.43 Å². The Morgan fingerprint density at radius 2 is 1.85 bits per heavy atom. The third-order valence-electron chi connectivity index (χ3n) is 3.19. The number of carbonyl (C=O) groups is 2. The number of para-hydroxylation sites is 1. The Labute approximate surface area is 174 Å². The van der Waals surface area contributed by atoms with Crippen LogP contribution in [0.4, 0.5) is 5.69 Å². The van der Waals surface area contributed by atoms with Crippen LogP contribution in [0.3, 0.4) is 0 Å². The molecule has 2 N–H and O–H groups in total. The van der Waals surface area contributed by atoms with E-state index in [2.05, 4.69) is 47.7 Å². The number of anilines is 1. The van der Waals surface area contributed by atoms with Crippen molar-refractivity contribution in [3.05, 3.63) is 57.0 Å². The Hall–Kier alpha value is -2.19. The number of carbonyl (C=O) groups excluding carboxylic acids is 2. The van der Waals surface area contributed by atoms with Crippen molar-refractivity contribution in [1.29, 1.82) is 0 Å². The zero-order valence-corrected chi connectivity index (χ0v) is 18.0. The number of halogens is 2. The summed E-state index contributed by atoms with van der Waals surface area (Å²) in [4.78, 5) is 23.7. The molecule has 0 spiro atoms. The van der Waals surface area contributed by atoms with Crippen molar-refractivity contribution in [3.63, 3.8) is 0 Å². The molecule has 27 heavy (non-hydrogen) atoms. The number of ether oxygens (including phenoxy) is 1. The van der Waals surface area contributed by atoms with Crippen molar-refractivity contribution < 1.29 is 14.3 Å². The monoisotopic (exact) mass is 495 g/mol. The zero-order chi connectivity index (χ0) is 19.8. The van der Waals surface area contributed by atoms with E-state index in [0.29, 0.717) is 5.69 Å². The normalized spacial score (nSPS) is 10.9. The molecule has 0 saturated heterocycles. The van der Waals surface area contributed by atoms with E-state index in [4.69, 9.17) is 4.74 Å². The van der Waals surface area contributed by atoms with Gasteiger partial charge in [-0.3, -0.25) is 9.59 Å². The first kappa shape index (κ1) is 21.1. The molecule has 2 rings (SSSR count). The van der Waals surface area contributed by atoms with Gasteiger partial charge in [0.15, 0.2) is 0 Å². The van der Waals surface area contributed by atoms with Crippen LogP contribution in [0.15, 0.2) is 56.5 Å². The van der Waals surface area contributed by atoms with Crippen LogP contribution in [0.1, 0.15) is 25.8 Å². The molecule has 0 aliphatic heterocycles. The van der Waals surface area contributed by atoms with Crippen LogP contribution in [0, 0.1) is 0 Å². The first-order valence-electron chi connectivity index (χ1n) is 8.17. The fraction of sp³-hybridized carbons (Fsp3) is 0.211. The van der Waals surface area contributed by atoms with Crippen molar-refractivity contribution >= 4 is 55.6 Å². The maximum Gasteiger partial charge on any atom is 0.249 e. The minimum Gasteiger partial charge on any atom is -0.490 e. The lowest BCUT2D eigenvalue weighted by atomic mass is 10.2. The molecule has 0 saturated carbocycles. The lowest BCUT2D eigenvalue weighted by Gasteiger charge is -2.11. The maximum atomic E-state index is 11.9. The highest BCUT2D eigenvalue weighted by molar-refractivity contribution is 9.11. The number of hydrogen-bond acceptors (Lipinski definition) is 4. The summed E-state index contributed by atoms with van der Waals surface area (Å²) in [6, 6.07) is 12.6. The fourth-order valence-electron chi connectivity index (χ4n) is 2.07. The highest BCUT2D eigenvalue weighted by Crippen LogP contribution is 2.26. The van der Waals surface area contributed by atoms with E-state index in [1.807, 2.05) is 38.1 Å². The van der Waals surface area contributed by atoms with Crippen LogP contribution in [0.2, 0.25) is 0 Å². The summed E-state index contributed by atoms with van der Waals surface area (Å²) in [5, 5.41) is 6.54. The van der Waals surface area contributed by atoms with E-state index in [0.717, 1.165) is 20.3 Å². The number of amides is 2. The molecule has 0 aromatic heterocycles. The molecule has 2 aromatic rings. The second-order valence-electron chi connectivity index (χ2n) is 5.85. The summed E-state index contributed by atoms with van der Waals surface area (Å²) < 4.78 is 7.17. The van der Waals surface area contributed by atoms with Gasteiger partial charge in [-0.05, 0) is 81.6 Å². The van der Waals surface area contributed by atoms with Crippen LogP contribution >= 0.6 is 31.9 Å². The quantitative estimate of drug-likeness (QED) is 0.337. The molecular formula is C19H19Br2N3O3. The molecule has 0 bridgehead atoms. The standard InChI is InChI=1S/C19H19Br2N3O3/c1-12(2)27-17-8-7-13(9-15(17)21)11-22-24-19(26)10-18(25)23-16-6-4-3-5-14(16)20/h3-9,11-12H,10H2,1-2H3,(H,23,25)(H,24,26). The Morgan fingerprint density at radius 3 is 2.52 bits per heavy atom. The zero-order valence-electron chi connectivity index (χ0n) is 14.8. The first-order chi connectivity index (χ1) is 12.8. The van der Waals surface area contributed by atoms with E-state index >= 15 is 0 Å². The molecule has 2 amide bonds. The van der Waals surface area contributed by atoms with Crippen LogP contribution in [-0.2, 0) is 9.59 Å². The van der Waals surface area contributed by atoms with Gasteiger partial charge in [0, 0.05) is 4.47 Å². The van der Waals surface area contributed by atoms with Crippen molar-refractivity contribution in [1.82, 2.24) is 5.43 Å². The summed E-state index contributed by atoms with van der Waals surface area (Å²) in [6.45, 7) is 3.90. The number of hydrogen-bond donors (Lipinski definition) is 2. The largest absolute Gasteiger partial charge is 0.490 e. The van der Waals surface area contributed by atoms with Crippen LogP contribution < -0.4 is 15.5 Å². The van der Waals surface area contributed by atoms with Gasteiger partial charge in [-0.15, -0.1) is 0 Å². The van der Waals surface area contributed by atoms with E-state index in [9.17, 15) is 9.59 Å². The van der Waals surface area contributed by atoms with Crippen molar-refractivity contribution in [2.45, 2.75) is 26.4 Å². The summed E-state index contributed by atoms with van der Waals surface area (Å²) in [7, 11) is 0. The second-order valence-corrected chi connectivity index (χ2v) is 7.56. The molecule has 0 unspecified atom stereocenters. The highest BCUT2D eigenvalue weighted by Gasteiger charge is 2.10. The lowest BCUT2D eigenvalue weighted by molar-refractivity contribution is -0.126. The van der Waals surface area contributed by atoms with Gasteiger partial charge in [-0.2, -0.15) is 5.10 Å². The van der Waals surface area contributed by atoms with E-state index in [-0.39, 0.29) is 12.5 Å². The Kier molecular flexibility index (Phi) is 7.99. The third-order valence-corrected chi connectivity index (χ3v) is 4.50. The predicted octanol–water partition coefficient (Wildman–Crippen LogP) is 4.48. The molecule has 2 aromatic carbocycles. The molecule has 6 nitrogen and oxygen atoms in total. The lowest BCUT2D eigenvalue weighted by Crippen LogP contribution is -2.24. The average molecular weight is 497 g/mol. The van der Waals surface area contributed by atoms with E-state index in [1.54, 1.807) is 18.2 Å². The molecule has 0 fully saturated rings. The molecule has 0 aliphatic rings. The Morgan fingerprint density at radius 1 is 1.11 bits per heavy atom. The fourth-order valence-corrected chi connectivity index (χ4v) is 2.94. The maximum absolute atomic E-state index is 11.9. The molecule has 0 aliphatic carbocycles. The van der Waals surface area contributed by atoms with Gasteiger partial charge in [0.05, 0.1) is 22.5 Å². The number of nitrogens with zero attached hydrogens (tertiary/aromatic N) is 1. The first-order valence-corrected chi connectivity index (χ1v) is 9.76. The van der Waals surface area contributed by atoms with Gasteiger partial charge >= 0.3 is 0 Å². The van der Waals surface area contributed by atoms with Crippen LogP contribution in [0.25, 0.3) is 0 Å². The molecule has 0 atom stereocenters. The number of hydrazone groups is 1. The Bertz CT molecular complexity index is 854. The molecule has 0 radical (unpaired) electrons. The van der Waals surface area contributed by atoms with Crippen molar-refractivity contribution in [2.75, 3.05) is 5.32 Å². The van der Waals surface area contributed by atoms with Gasteiger partial charge < -0.3 is 10.1 Å². The van der Waals surface area contributed by atoms with Crippen molar-refractivity contribution in [3.8, 4) is 5.75 Å². The summed E-state index contributed by atoms with van der Waals surface area (Å²) in [5.74, 6) is -0.197. The Balaban J connectivity index is 1.85. The SMILES string of the molecule is CC(C)Oc1ccc(C=NNC(=O)CC(=O)Nc2ccccc2Br)cc1Br. The van der Waals surface area contributed by atoms with Crippen molar-refractivity contribution in [2.24, 2.45) is 5.10 Å². The van der Waals surface area contributed by atoms with Crippen LogP contribution in [0.5, 0.6) is 5.75 Å². The topological polar surface area (TPSA) is 79.8 Å². The molecule has 0 heterocycles. The van der Waals surface area contributed by atoms with Gasteiger partial charge in [0.1, 0.15) is 12.2 Å². The summed E-state index contributed by atoms with van der Waals surface area (Å²) >= 11 is 6.77. The second kappa shape index (κ2) is 10.2. The number of rotatable bonds is 7. The van der Waals surface area contributed by atoms with E-state index < -0.39 is 11.8 Å². The molecular weight excluding hydrogens is 478 g/mol. The summed E-state index contributed by atoms with van der Waals surface area (Å²) in [5.41, 5.74) is 3.72. The number of benzene rings is 2. The predicted molar refractivity (Wildman–Crippen MR) is 113 cm³/mol. The smallest absolute Gasteiger partial charge is 0.249 e. The summed E-state index contributed by atoms with van der Waals surface area (Å²) in [6.07, 6.45) is 1.24. The van der Waals surface area contributed by atoms with Gasteiger partial charge in [0.2, 0.25) is 11.8 Å². The molecule has 8 heteroatoms. The molecule has 142 valence electrons. The minimum atomic E-state index is -0.505. The van der Waals surface area contributed by atoms with Gasteiger partial charge in [0.25, 0.3) is 0 Å². The average Bonchev–Trinajstić information content (AvgIpc) is 2.59. The number of nitrogens with one attached hydrogen (secondary N) is 2. The van der Waals surface area contributed by atoms with Gasteiger partial charge in [-0.1, -0.05) is 12.1 Å².